The van der Waals surface area contributed by atoms with Crippen LogP contribution in [0.25, 0.3) is 0 Å². The molecular weight excluding hydrogens is 308 g/mol. The molecule has 0 unspecified atom stereocenters. The van der Waals surface area contributed by atoms with Crippen molar-refractivity contribution in [2.75, 3.05) is 11.9 Å². The van der Waals surface area contributed by atoms with Crippen LogP contribution in [0.3, 0.4) is 0 Å². The van der Waals surface area contributed by atoms with Crippen LogP contribution in [0.5, 0.6) is 5.75 Å². The Morgan fingerprint density at radius 3 is 3.09 bits per heavy atom. The Bertz CT molecular complexity index is 724. The summed E-state index contributed by atoms with van der Waals surface area (Å²) >= 11 is 1.60. The van der Waals surface area contributed by atoms with Crippen LogP contribution in [0.2, 0.25) is 0 Å². The van der Waals surface area contributed by atoms with Crippen molar-refractivity contribution in [1.29, 1.82) is 0 Å². The van der Waals surface area contributed by atoms with Crippen molar-refractivity contribution in [3.8, 4) is 5.75 Å². The van der Waals surface area contributed by atoms with Crippen LogP contribution in [0.15, 0.2) is 18.2 Å². The molecule has 0 radical (unpaired) electrons. The monoisotopic (exact) mass is 330 g/mol. The number of fused-ring (bicyclic) bond motifs is 1. The summed E-state index contributed by atoms with van der Waals surface area (Å²) in [5.74, 6) is 1.30. The number of hydrogen-bond donors (Lipinski definition) is 1. The van der Waals surface area contributed by atoms with Crippen LogP contribution in [-0.4, -0.2) is 17.5 Å². The topological polar surface area (TPSA) is 51.2 Å². The minimum atomic E-state index is -0.162. The van der Waals surface area contributed by atoms with Gasteiger partial charge in [0.15, 0.2) is 11.7 Å². The Morgan fingerprint density at radius 2 is 2.26 bits per heavy atom. The van der Waals surface area contributed by atoms with Gasteiger partial charge in [-0.2, -0.15) is 0 Å². The van der Waals surface area contributed by atoms with Gasteiger partial charge in [0.1, 0.15) is 5.75 Å². The molecule has 2 aromatic rings. The molecule has 1 amide bonds. The zero-order chi connectivity index (χ0) is 16.4. The molecule has 1 aromatic heterocycles. The maximum absolute atomic E-state index is 12.1. The van der Waals surface area contributed by atoms with E-state index in [-0.39, 0.29) is 12.5 Å². The fourth-order valence-electron chi connectivity index (χ4n) is 2.77. The molecule has 0 aliphatic heterocycles. The van der Waals surface area contributed by atoms with Crippen molar-refractivity contribution >= 4 is 22.4 Å². The molecular formula is C18H22N2O2S. The largest absolute Gasteiger partial charge is 0.483 e. The summed E-state index contributed by atoms with van der Waals surface area (Å²) in [6.07, 6.45) is 3.27. The number of anilines is 1. The van der Waals surface area contributed by atoms with E-state index >= 15 is 0 Å². The van der Waals surface area contributed by atoms with E-state index in [1.165, 1.54) is 11.3 Å². The molecule has 1 atom stereocenters. The van der Waals surface area contributed by atoms with Crippen LogP contribution in [-0.2, 0) is 17.6 Å². The molecule has 0 spiro atoms. The van der Waals surface area contributed by atoms with Crippen LogP contribution < -0.4 is 10.1 Å². The van der Waals surface area contributed by atoms with E-state index in [0.29, 0.717) is 11.0 Å². The third-order valence-electron chi connectivity index (χ3n) is 4.35. The average molecular weight is 330 g/mol. The Morgan fingerprint density at radius 1 is 1.43 bits per heavy atom. The van der Waals surface area contributed by atoms with Crippen molar-refractivity contribution in [3.05, 3.63) is 39.9 Å². The number of nitrogens with zero attached hydrogens (tertiary/aromatic N) is 1. The van der Waals surface area contributed by atoms with E-state index in [1.807, 2.05) is 32.0 Å². The molecule has 1 aromatic carbocycles. The molecule has 1 N–H and O–H groups in total. The van der Waals surface area contributed by atoms with Gasteiger partial charge in [-0.25, -0.2) is 4.98 Å². The third-order valence-corrected chi connectivity index (χ3v) is 5.38. The van der Waals surface area contributed by atoms with Crippen molar-refractivity contribution in [3.63, 3.8) is 0 Å². The number of ether oxygens (including phenoxy) is 1. The van der Waals surface area contributed by atoms with Gasteiger partial charge < -0.3 is 4.74 Å². The minimum Gasteiger partial charge on any atom is -0.483 e. The Balaban J connectivity index is 1.58. The Hall–Kier alpha value is -1.88. The van der Waals surface area contributed by atoms with Gasteiger partial charge in [0.2, 0.25) is 0 Å². The summed E-state index contributed by atoms with van der Waals surface area (Å²) in [6.45, 7) is 6.30. The number of thiazole rings is 1. The first-order valence-electron chi connectivity index (χ1n) is 8.00. The van der Waals surface area contributed by atoms with E-state index in [2.05, 4.69) is 17.2 Å². The fourth-order valence-corrected chi connectivity index (χ4v) is 3.96. The van der Waals surface area contributed by atoms with Gasteiger partial charge in [-0.3, -0.25) is 10.1 Å². The number of aryl methyl sites for hydroxylation is 2. The number of carbonyl (C=O) groups is 1. The van der Waals surface area contributed by atoms with E-state index in [0.717, 1.165) is 35.4 Å². The number of benzene rings is 1. The molecule has 23 heavy (non-hydrogen) atoms. The first-order chi connectivity index (χ1) is 11.0. The molecule has 3 rings (SSSR count). The van der Waals surface area contributed by atoms with Crippen molar-refractivity contribution < 1.29 is 9.53 Å². The zero-order valence-corrected chi connectivity index (χ0v) is 14.6. The second-order valence-corrected chi connectivity index (χ2v) is 7.36. The fraction of sp³-hybridized carbons (Fsp3) is 0.444. The van der Waals surface area contributed by atoms with Crippen molar-refractivity contribution in [2.24, 2.45) is 5.92 Å². The van der Waals surface area contributed by atoms with Crippen LogP contribution >= 0.6 is 11.3 Å². The molecule has 122 valence electrons. The van der Waals surface area contributed by atoms with Crippen LogP contribution in [0, 0.1) is 19.8 Å². The average Bonchev–Trinajstić information content (AvgIpc) is 2.90. The Labute approximate surface area is 140 Å². The van der Waals surface area contributed by atoms with Gasteiger partial charge >= 0.3 is 0 Å². The highest BCUT2D eigenvalue weighted by molar-refractivity contribution is 7.15. The lowest BCUT2D eigenvalue weighted by Gasteiger charge is -2.15. The SMILES string of the molecule is Cc1cccc(OCC(=O)Nc2nc3c(s2)C[C@H](C)CC3)c1C. The summed E-state index contributed by atoms with van der Waals surface area (Å²) in [7, 11) is 0. The van der Waals surface area contributed by atoms with E-state index < -0.39 is 0 Å². The highest BCUT2D eigenvalue weighted by Gasteiger charge is 2.20. The van der Waals surface area contributed by atoms with E-state index in [1.54, 1.807) is 11.3 Å². The molecule has 0 bridgehead atoms. The molecule has 0 saturated carbocycles. The highest BCUT2D eigenvalue weighted by atomic mass is 32.1. The van der Waals surface area contributed by atoms with Gasteiger partial charge in [0, 0.05) is 4.88 Å². The predicted molar refractivity (Wildman–Crippen MR) is 93.3 cm³/mol. The van der Waals surface area contributed by atoms with E-state index in [4.69, 9.17) is 4.74 Å². The van der Waals surface area contributed by atoms with Crippen molar-refractivity contribution in [2.45, 2.75) is 40.0 Å². The van der Waals surface area contributed by atoms with Crippen LogP contribution in [0.4, 0.5) is 5.13 Å². The maximum Gasteiger partial charge on any atom is 0.264 e. The quantitative estimate of drug-likeness (QED) is 0.925. The number of carbonyl (C=O) groups excluding carboxylic acids is 1. The second kappa shape index (κ2) is 6.71. The Kier molecular flexibility index (Phi) is 4.66. The summed E-state index contributed by atoms with van der Waals surface area (Å²) in [6, 6.07) is 5.86. The lowest BCUT2D eigenvalue weighted by atomic mass is 9.93. The highest BCUT2D eigenvalue weighted by Crippen LogP contribution is 2.32. The van der Waals surface area contributed by atoms with Gasteiger partial charge in [0.25, 0.3) is 5.91 Å². The van der Waals surface area contributed by atoms with Gasteiger partial charge in [-0.05, 0) is 56.2 Å². The number of amides is 1. The van der Waals surface area contributed by atoms with Crippen LogP contribution in [0.1, 0.15) is 35.0 Å². The molecule has 1 aliphatic rings. The normalized spacial score (nSPS) is 16.7. The zero-order valence-electron chi connectivity index (χ0n) is 13.8. The second-order valence-electron chi connectivity index (χ2n) is 6.27. The number of hydrogen-bond acceptors (Lipinski definition) is 4. The summed E-state index contributed by atoms with van der Waals surface area (Å²) < 4.78 is 5.64. The summed E-state index contributed by atoms with van der Waals surface area (Å²) in [5.41, 5.74) is 3.38. The molecule has 1 heterocycles. The smallest absolute Gasteiger partial charge is 0.264 e. The minimum absolute atomic E-state index is 0.00490. The molecule has 4 nitrogen and oxygen atoms in total. The van der Waals surface area contributed by atoms with E-state index in [9.17, 15) is 4.79 Å². The number of aromatic nitrogens is 1. The van der Waals surface area contributed by atoms with Gasteiger partial charge in [-0.15, -0.1) is 11.3 Å². The van der Waals surface area contributed by atoms with Gasteiger partial charge in [0.05, 0.1) is 5.69 Å². The lowest BCUT2D eigenvalue weighted by Crippen LogP contribution is -2.20. The molecule has 0 fully saturated rings. The standard InChI is InChI=1S/C18H22N2O2S/c1-11-7-8-14-16(9-11)23-18(19-14)20-17(21)10-22-15-6-4-5-12(2)13(15)3/h4-6,11H,7-10H2,1-3H3,(H,19,20,21)/t11-/m1/s1. The number of nitrogens with one attached hydrogen (secondary N) is 1. The predicted octanol–water partition coefficient (Wildman–Crippen LogP) is 3.90. The molecule has 5 heteroatoms. The lowest BCUT2D eigenvalue weighted by molar-refractivity contribution is -0.118. The van der Waals surface area contributed by atoms with Gasteiger partial charge in [-0.1, -0.05) is 19.1 Å². The molecule has 0 saturated heterocycles. The summed E-state index contributed by atoms with van der Waals surface area (Å²) in [5, 5.41) is 3.55. The van der Waals surface area contributed by atoms with Crippen molar-refractivity contribution in [1.82, 2.24) is 4.98 Å². The summed E-state index contributed by atoms with van der Waals surface area (Å²) in [4.78, 5) is 17.9. The first kappa shape index (κ1) is 16.0. The molecule has 1 aliphatic carbocycles. The first-order valence-corrected chi connectivity index (χ1v) is 8.82. The maximum atomic E-state index is 12.1. The number of rotatable bonds is 4. The third kappa shape index (κ3) is 3.72.